The Morgan fingerprint density at radius 3 is 2.94 bits per heavy atom. The average Bonchev–Trinajstić information content (AvgIpc) is 2.30. The van der Waals surface area contributed by atoms with Gasteiger partial charge < -0.3 is 15.6 Å². The minimum absolute atomic E-state index is 0.375. The molecule has 0 saturated heterocycles. The second-order valence-corrected chi connectivity index (χ2v) is 5.88. The Labute approximate surface area is 123 Å². The molecule has 0 heterocycles. The van der Waals surface area contributed by atoms with Gasteiger partial charge in [-0.1, -0.05) is 11.6 Å². The molecular formula is C11H13BrClNO3S. The molecule has 0 radical (unpaired) electrons. The number of ether oxygens (including phenoxy) is 1. The number of carboxylic acids is 1. The highest BCUT2D eigenvalue weighted by Crippen LogP contribution is 2.27. The van der Waals surface area contributed by atoms with Crippen molar-refractivity contribution in [3.8, 4) is 5.75 Å². The van der Waals surface area contributed by atoms with E-state index in [1.165, 1.54) is 11.8 Å². The molecule has 1 aromatic carbocycles. The quantitative estimate of drug-likeness (QED) is 0.736. The Balaban J connectivity index is 2.24. The van der Waals surface area contributed by atoms with Gasteiger partial charge in [-0.05, 0) is 34.1 Å². The van der Waals surface area contributed by atoms with Crippen LogP contribution in [-0.2, 0) is 4.79 Å². The molecule has 0 unspecified atom stereocenters. The second kappa shape index (κ2) is 7.89. The van der Waals surface area contributed by atoms with Crippen molar-refractivity contribution in [1.29, 1.82) is 0 Å². The maximum Gasteiger partial charge on any atom is 0.321 e. The van der Waals surface area contributed by atoms with Gasteiger partial charge in [0.2, 0.25) is 0 Å². The van der Waals surface area contributed by atoms with Gasteiger partial charge in [-0.3, -0.25) is 4.79 Å². The van der Waals surface area contributed by atoms with Gasteiger partial charge in [0.15, 0.2) is 0 Å². The van der Waals surface area contributed by atoms with E-state index in [-0.39, 0.29) is 0 Å². The molecule has 4 nitrogen and oxygen atoms in total. The summed E-state index contributed by atoms with van der Waals surface area (Å²) in [4.78, 5) is 10.5. The van der Waals surface area contributed by atoms with Gasteiger partial charge in [0, 0.05) is 16.5 Å². The molecule has 0 aromatic heterocycles. The average molecular weight is 355 g/mol. The predicted molar refractivity (Wildman–Crippen MR) is 77.6 cm³/mol. The molecular weight excluding hydrogens is 342 g/mol. The third-order valence-electron chi connectivity index (χ3n) is 1.99. The first kappa shape index (κ1) is 15.6. The zero-order valence-electron chi connectivity index (χ0n) is 9.44. The molecule has 0 aliphatic heterocycles. The van der Waals surface area contributed by atoms with Crippen molar-refractivity contribution in [1.82, 2.24) is 0 Å². The molecule has 7 heteroatoms. The molecule has 100 valence electrons. The van der Waals surface area contributed by atoms with Crippen LogP contribution in [0, 0.1) is 0 Å². The van der Waals surface area contributed by atoms with E-state index in [9.17, 15) is 4.79 Å². The van der Waals surface area contributed by atoms with E-state index in [1.807, 2.05) is 0 Å². The van der Waals surface area contributed by atoms with Crippen molar-refractivity contribution in [2.75, 3.05) is 18.1 Å². The lowest BCUT2D eigenvalue weighted by Gasteiger charge is -2.09. The van der Waals surface area contributed by atoms with Gasteiger partial charge in [0.1, 0.15) is 11.8 Å². The SMILES string of the molecule is N[C@H](CSCCOc1ccc(Cl)cc1Br)C(=O)O. The predicted octanol–water partition coefficient (Wildman–Crippen LogP) is 2.63. The van der Waals surface area contributed by atoms with Crippen LogP contribution in [0.5, 0.6) is 5.75 Å². The van der Waals surface area contributed by atoms with Gasteiger partial charge in [0.05, 0.1) is 11.1 Å². The monoisotopic (exact) mass is 353 g/mol. The minimum Gasteiger partial charge on any atom is -0.492 e. The molecule has 0 spiro atoms. The Morgan fingerprint density at radius 1 is 1.61 bits per heavy atom. The molecule has 1 rings (SSSR count). The number of nitrogens with two attached hydrogens (primary N) is 1. The first-order valence-corrected chi connectivity index (χ1v) is 7.47. The number of halogens is 2. The third kappa shape index (κ3) is 5.48. The zero-order chi connectivity index (χ0) is 13.5. The highest BCUT2D eigenvalue weighted by atomic mass is 79.9. The van der Waals surface area contributed by atoms with E-state index in [0.717, 1.165) is 4.47 Å². The van der Waals surface area contributed by atoms with Crippen LogP contribution >= 0.6 is 39.3 Å². The summed E-state index contributed by atoms with van der Waals surface area (Å²) in [6.45, 7) is 0.483. The lowest BCUT2D eigenvalue weighted by atomic mass is 10.3. The molecule has 0 bridgehead atoms. The number of rotatable bonds is 7. The number of benzene rings is 1. The van der Waals surface area contributed by atoms with Crippen LogP contribution in [0.4, 0.5) is 0 Å². The van der Waals surface area contributed by atoms with E-state index in [2.05, 4.69) is 15.9 Å². The van der Waals surface area contributed by atoms with Crippen molar-refractivity contribution < 1.29 is 14.6 Å². The van der Waals surface area contributed by atoms with Crippen LogP contribution in [0.2, 0.25) is 5.02 Å². The number of carboxylic acid groups (broad SMARTS) is 1. The fraction of sp³-hybridized carbons (Fsp3) is 0.364. The van der Waals surface area contributed by atoms with Crippen LogP contribution in [-0.4, -0.2) is 35.2 Å². The van der Waals surface area contributed by atoms with Crippen LogP contribution in [0.1, 0.15) is 0 Å². The molecule has 0 aliphatic rings. The Morgan fingerprint density at radius 2 is 2.33 bits per heavy atom. The van der Waals surface area contributed by atoms with Crippen molar-refractivity contribution in [2.24, 2.45) is 5.73 Å². The second-order valence-electron chi connectivity index (χ2n) is 3.44. The van der Waals surface area contributed by atoms with Crippen molar-refractivity contribution in [3.05, 3.63) is 27.7 Å². The molecule has 1 atom stereocenters. The number of aliphatic carboxylic acids is 1. The van der Waals surface area contributed by atoms with Gasteiger partial charge in [-0.25, -0.2) is 0 Å². The molecule has 0 amide bonds. The molecule has 0 aliphatic carbocycles. The number of hydrogen-bond donors (Lipinski definition) is 2. The summed E-state index contributed by atoms with van der Waals surface area (Å²) in [7, 11) is 0. The van der Waals surface area contributed by atoms with Crippen LogP contribution in [0.25, 0.3) is 0 Å². The zero-order valence-corrected chi connectivity index (χ0v) is 12.6. The van der Waals surface area contributed by atoms with E-state index in [4.69, 9.17) is 27.2 Å². The molecule has 0 saturated carbocycles. The molecule has 18 heavy (non-hydrogen) atoms. The summed E-state index contributed by atoms with van der Waals surface area (Å²) in [6.07, 6.45) is 0. The molecule has 1 aromatic rings. The standard InChI is InChI=1S/C11H13BrClNO3S/c12-8-5-7(13)1-2-10(8)17-3-4-18-6-9(14)11(15)16/h1-2,5,9H,3-4,6,14H2,(H,15,16)/t9-/m1/s1. The first-order chi connectivity index (χ1) is 8.50. The summed E-state index contributed by atoms with van der Waals surface area (Å²) >= 11 is 10.6. The summed E-state index contributed by atoms with van der Waals surface area (Å²) < 4.78 is 6.31. The van der Waals surface area contributed by atoms with Gasteiger partial charge in [-0.2, -0.15) is 11.8 Å². The van der Waals surface area contributed by atoms with Crippen LogP contribution < -0.4 is 10.5 Å². The highest BCUT2D eigenvalue weighted by Gasteiger charge is 2.10. The number of carbonyl (C=O) groups is 1. The Bertz CT molecular complexity index is 419. The van der Waals surface area contributed by atoms with E-state index in [0.29, 0.717) is 28.9 Å². The van der Waals surface area contributed by atoms with Crippen molar-refractivity contribution in [2.45, 2.75) is 6.04 Å². The third-order valence-corrected chi connectivity index (χ3v) is 3.90. The Hall–Kier alpha value is -0.430. The fourth-order valence-corrected chi connectivity index (χ4v) is 2.65. The first-order valence-electron chi connectivity index (χ1n) is 5.14. The van der Waals surface area contributed by atoms with Crippen LogP contribution in [0.15, 0.2) is 22.7 Å². The van der Waals surface area contributed by atoms with Crippen LogP contribution in [0.3, 0.4) is 0 Å². The van der Waals surface area contributed by atoms with Crippen molar-refractivity contribution in [3.63, 3.8) is 0 Å². The summed E-state index contributed by atoms with van der Waals surface area (Å²) in [5.74, 6) is 0.780. The summed E-state index contributed by atoms with van der Waals surface area (Å²) in [5, 5.41) is 9.23. The molecule has 0 fully saturated rings. The summed E-state index contributed by atoms with van der Waals surface area (Å²) in [6, 6.07) is 4.46. The van der Waals surface area contributed by atoms with Gasteiger partial charge in [0.25, 0.3) is 0 Å². The lowest BCUT2D eigenvalue weighted by molar-refractivity contribution is -0.137. The maximum absolute atomic E-state index is 10.5. The van der Waals surface area contributed by atoms with E-state index >= 15 is 0 Å². The van der Waals surface area contributed by atoms with Gasteiger partial charge >= 0.3 is 5.97 Å². The largest absolute Gasteiger partial charge is 0.492 e. The summed E-state index contributed by atoms with van der Waals surface area (Å²) in [5.41, 5.74) is 5.37. The lowest BCUT2D eigenvalue weighted by Crippen LogP contribution is -2.32. The number of hydrogen-bond acceptors (Lipinski definition) is 4. The topological polar surface area (TPSA) is 72.5 Å². The number of thioether (sulfide) groups is 1. The normalized spacial score (nSPS) is 12.2. The van der Waals surface area contributed by atoms with E-state index in [1.54, 1.807) is 18.2 Å². The Kier molecular flexibility index (Phi) is 6.85. The molecule has 3 N–H and O–H groups in total. The van der Waals surface area contributed by atoms with Crippen molar-refractivity contribution >= 4 is 45.3 Å². The van der Waals surface area contributed by atoms with E-state index < -0.39 is 12.0 Å². The smallest absolute Gasteiger partial charge is 0.321 e. The highest BCUT2D eigenvalue weighted by molar-refractivity contribution is 9.10. The van der Waals surface area contributed by atoms with Gasteiger partial charge in [-0.15, -0.1) is 0 Å². The fourth-order valence-electron chi connectivity index (χ4n) is 1.08. The minimum atomic E-state index is -0.983. The maximum atomic E-state index is 10.5.